The molecule has 0 atom stereocenters. The molecule has 0 amide bonds. The number of hydrogen-bond acceptors (Lipinski definition) is 6. The molecule has 3 aromatic rings. The van der Waals surface area contributed by atoms with Gasteiger partial charge in [-0.15, -0.1) is 0 Å². The summed E-state index contributed by atoms with van der Waals surface area (Å²) in [6.07, 6.45) is 6.89. The highest BCUT2D eigenvalue weighted by Crippen LogP contribution is 2.32. The van der Waals surface area contributed by atoms with E-state index >= 15 is 0 Å². The second-order valence-corrected chi connectivity index (χ2v) is 12.6. The normalized spacial score (nSPS) is 18.2. The second kappa shape index (κ2) is 10.1. The standard InChI is InChI=1S/C27H34FN5O3S/c1-17(2)19-10-12-32(13-11-19)37(35,36)22-8-9-24(18(3)14-22)30-27-29-16-20-15-23(28)26(34)33(25(20)31-27)21-6-4-5-7-21/h8-9,14-17,19,21H,4-7,10-13H2,1-3H3,(H,29,30,31). The Kier molecular flexibility index (Phi) is 7.06. The Morgan fingerprint density at radius 3 is 2.43 bits per heavy atom. The topological polar surface area (TPSA) is 97.2 Å². The van der Waals surface area contributed by atoms with Crippen LogP contribution in [0.5, 0.6) is 0 Å². The second-order valence-electron chi connectivity index (χ2n) is 10.7. The van der Waals surface area contributed by atoms with E-state index in [4.69, 9.17) is 0 Å². The molecule has 1 aliphatic heterocycles. The minimum Gasteiger partial charge on any atom is -0.324 e. The van der Waals surface area contributed by atoms with E-state index in [1.54, 1.807) is 22.5 Å². The monoisotopic (exact) mass is 527 g/mol. The minimum absolute atomic E-state index is 0.0784. The van der Waals surface area contributed by atoms with Gasteiger partial charge < -0.3 is 5.32 Å². The lowest BCUT2D eigenvalue weighted by Crippen LogP contribution is -2.39. The van der Waals surface area contributed by atoms with Gasteiger partial charge in [0.15, 0.2) is 5.82 Å². The van der Waals surface area contributed by atoms with E-state index < -0.39 is 21.4 Å². The molecule has 2 aromatic heterocycles. The van der Waals surface area contributed by atoms with Gasteiger partial charge in [0, 0.05) is 36.4 Å². The van der Waals surface area contributed by atoms with Crippen molar-refractivity contribution in [2.45, 2.75) is 70.2 Å². The highest BCUT2D eigenvalue weighted by molar-refractivity contribution is 7.89. The third kappa shape index (κ3) is 5.01. The molecule has 1 N–H and O–H groups in total. The summed E-state index contributed by atoms with van der Waals surface area (Å²) in [5, 5.41) is 3.62. The van der Waals surface area contributed by atoms with Crippen molar-refractivity contribution in [2.75, 3.05) is 18.4 Å². The molecule has 1 saturated heterocycles. The van der Waals surface area contributed by atoms with E-state index in [-0.39, 0.29) is 16.9 Å². The molecule has 8 nitrogen and oxygen atoms in total. The lowest BCUT2D eigenvalue weighted by atomic mass is 9.87. The molecule has 0 radical (unpaired) electrons. The van der Waals surface area contributed by atoms with Gasteiger partial charge in [-0.3, -0.25) is 9.36 Å². The molecule has 0 unspecified atom stereocenters. The summed E-state index contributed by atoms with van der Waals surface area (Å²) >= 11 is 0. The first-order chi connectivity index (χ1) is 17.6. The first-order valence-electron chi connectivity index (χ1n) is 13.1. The molecule has 0 spiro atoms. The van der Waals surface area contributed by atoms with Crippen LogP contribution in [-0.4, -0.2) is 40.3 Å². The van der Waals surface area contributed by atoms with Gasteiger partial charge >= 0.3 is 0 Å². The van der Waals surface area contributed by atoms with Gasteiger partial charge in [0.25, 0.3) is 5.56 Å². The molecule has 10 heteroatoms. The summed E-state index contributed by atoms with van der Waals surface area (Å²) in [4.78, 5) is 21.8. The zero-order valence-electron chi connectivity index (χ0n) is 21.6. The van der Waals surface area contributed by atoms with Crippen molar-refractivity contribution in [3.8, 4) is 0 Å². The average molecular weight is 528 g/mol. The predicted octanol–water partition coefficient (Wildman–Crippen LogP) is 5.15. The molecule has 198 valence electrons. The first-order valence-corrected chi connectivity index (χ1v) is 14.5. The Labute approximate surface area is 217 Å². The van der Waals surface area contributed by atoms with Crippen LogP contribution >= 0.6 is 0 Å². The number of aryl methyl sites for hydroxylation is 1. The van der Waals surface area contributed by atoms with Gasteiger partial charge in [-0.2, -0.15) is 9.29 Å². The van der Waals surface area contributed by atoms with Crippen LogP contribution in [-0.2, 0) is 10.0 Å². The lowest BCUT2D eigenvalue weighted by Gasteiger charge is -2.33. The van der Waals surface area contributed by atoms with E-state index in [0.717, 1.165) is 44.1 Å². The van der Waals surface area contributed by atoms with Crippen molar-refractivity contribution in [1.29, 1.82) is 0 Å². The minimum atomic E-state index is -3.58. The smallest absolute Gasteiger partial charge is 0.288 e. The van der Waals surface area contributed by atoms with Gasteiger partial charge in [0.05, 0.1) is 4.90 Å². The first kappa shape index (κ1) is 25.8. The highest BCUT2D eigenvalue weighted by atomic mass is 32.2. The lowest BCUT2D eigenvalue weighted by molar-refractivity contribution is 0.226. The Hall–Kier alpha value is -2.85. The number of halogens is 1. The molecule has 1 aromatic carbocycles. The molecule has 3 heterocycles. The number of hydrogen-bond donors (Lipinski definition) is 1. The van der Waals surface area contributed by atoms with Crippen LogP contribution in [0.15, 0.2) is 40.2 Å². The third-order valence-electron chi connectivity index (χ3n) is 7.94. The van der Waals surface area contributed by atoms with Crippen LogP contribution in [0.1, 0.15) is 64.0 Å². The number of pyridine rings is 1. The molecule has 2 fully saturated rings. The Bertz CT molecular complexity index is 1470. The number of benzene rings is 1. The fourth-order valence-corrected chi connectivity index (χ4v) is 7.19. The average Bonchev–Trinajstić information content (AvgIpc) is 3.40. The summed E-state index contributed by atoms with van der Waals surface area (Å²) in [7, 11) is -3.58. The van der Waals surface area contributed by atoms with Crippen molar-refractivity contribution < 1.29 is 12.8 Å². The molecule has 37 heavy (non-hydrogen) atoms. The van der Waals surface area contributed by atoms with Crippen molar-refractivity contribution in [2.24, 2.45) is 11.8 Å². The maximum Gasteiger partial charge on any atom is 0.288 e. The fraction of sp³-hybridized carbons (Fsp3) is 0.519. The van der Waals surface area contributed by atoms with Gasteiger partial charge in [-0.05, 0) is 74.3 Å². The quantitative estimate of drug-likeness (QED) is 0.476. The van der Waals surface area contributed by atoms with Crippen LogP contribution < -0.4 is 10.9 Å². The maximum absolute atomic E-state index is 14.3. The largest absolute Gasteiger partial charge is 0.324 e. The molecule has 1 saturated carbocycles. The zero-order valence-corrected chi connectivity index (χ0v) is 22.4. The number of sulfonamides is 1. The van der Waals surface area contributed by atoms with E-state index in [0.29, 0.717) is 41.6 Å². The zero-order chi connectivity index (χ0) is 26.3. The van der Waals surface area contributed by atoms with E-state index in [2.05, 4.69) is 29.1 Å². The van der Waals surface area contributed by atoms with Crippen molar-refractivity contribution in [1.82, 2.24) is 18.8 Å². The number of piperidine rings is 1. The Morgan fingerprint density at radius 2 is 1.78 bits per heavy atom. The van der Waals surface area contributed by atoms with Crippen LogP contribution in [0.3, 0.4) is 0 Å². The van der Waals surface area contributed by atoms with E-state index in [1.807, 2.05) is 6.92 Å². The number of fused-ring (bicyclic) bond motifs is 1. The molecule has 0 bridgehead atoms. The molecule has 5 rings (SSSR count). The summed E-state index contributed by atoms with van der Waals surface area (Å²) in [5.74, 6) is 0.578. The van der Waals surface area contributed by atoms with Crippen molar-refractivity contribution in [3.05, 3.63) is 52.2 Å². The maximum atomic E-state index is 14.3. The number of nitrogens with one attached hydrogen (secondary N) is 1. The van der Waals surface area contributed by atoms with Crippen LogP contribution in [0.4, 0.5) is 16.0 Å². The van der Waals surface area contributed by atoms with Crippen molar-refractivity contribution in [3.63, 3.8) is 0 Å². The Morgan fingerprint density at radius 1 is 1.08 bits per heavy atom. The number of aromatic nitrogens is 3. The van der Waals surface area contributed by atoms with Crippen LogP contribution in [0.25, 0.3) is 11.0 Å². The van der Waals surface area contributed by atoms with E-state index in [9.17, 15) is 17.6 Å². The van der Waals surface area contributed by atoms with Gasteiger partial charge in [0.1, 0.15) is 5.65 Å². The number of rotatable bonds is 6. The number of anilines is 2. The van der Waals surface area contributed by atoms with Crippen LogP contribution in [0, 0.1) is 24.6 Å². The SMILES string of the molecule is Cc1cc(S(=O)(=O)N2CCC(C(C)C)CC2)ccc1Nc1ncc2cc(F)c(=O)n(C3CCCC3)c2n1. The summed E-state index contributed by atoms with van der Waals surface area (Å²) < 4.78 is 43.9. The molecular formula is C27H34FN5O3S. The number of nitrogens with zero attached hydrogens (tertiary/aromatic N) is 4. The summed E-state index contributed by atoms with van der Waals surface area (Å²) in [6.45, 7) is 7.29. The van der Waals surface area contributed by atoms with Gasteiger partial charge in [0.2, 0.25) is 16.0 Å². The molecular weight excluding hydrogens is 493 g/mol. The molecule has 2 aliphatic rings. The van der Waals surface area contributed by atoms with Gasteiger partial charge in [-0.1, -0.05) is 26.7 Å². The summed E-state index contributed by atoms with van der Waals surface area (Å²) in [6, 6.07) is 6.08. The van der Waals surface area contributed by atoms with Crippen LogP contribution in [0.2, 0.25) is 0 Å². The highest BCUT2D eigenvalue weighted by Gasteiger charge is 2.30. The third-order valence-corrected chi connectivity index (χ3v) is 9.84. The molecule has 1 aliphatic carbocycles. The van der Waals surface area contributed by atoms with E-state index in [1.165, 1.54) is 16.8 Å². The Balaban J connectivity index is 1.40. The predicted molar refractivity (Wildman–Crippen MR) is 142 cm³/mol. The fourth-order valence-electron chi connectivity index (χ4n) is 5.64. The van der Waals surface area contributed by atoms with Gasteiger partial charge in [-0.25, -0.2) is 17.8 Å². The van der Waals surface area contributed by atoms with Crippen molar-refractivity contribution >= 4 is 32.7 Å². The summed E-state index contributed by atoms with van der Waals surface area (Å²) in [5.41, 5.74) is 1.13.